The summed E-state index contributed by atoms with van der Waals surface area (Å²) in [6, 6.07) is 0. The van der Waals surface area contributed by atoms with Crippen molar-refractivity contribution in [1.29, 1.82) is 0 Å². The molecule has 0 heterocycles. The summed E-state index contributed by atoms with van der Waals surface area (Å²) in [5, 5.41) is 0. The smallest absolute Gasteiger partial charge is 0.323 e. The second-order valence-electron chi connectivity index (χ2n) is 4.40. The molecule has 6 heteroatoms. The van der Waals surface area contributed by atoms with E-state index in [1.807, 2.05) is 0 Å². The third-order valence-corrected chi connectivity index (χ3v) is 2.77. The molecule has 0 aliphatic heterocycles. The highest BCUT2D eigenvalue weighted by Crippen LogP contribution is 2.30. The Balaban J connectivity index is 5.10. The van der Waals surface area contributed by atoms with Crippen LogP contribution in [0.2, 0.25) is 0 Å². The zero-order valence-corrected chi connectivity index (χ0v) is 12.1. The van der Waals surface area contributed by atoms with Crippen LogP contribution in [0.4, 0.5) is 0 Å². The van der Waals surface area contributed by atoms with E-state index in [4.69, 9.17) is 9.47 Å². The number of esters is 3. The maximum Gasteiger partial charge on any atom is 0.323 e. The minimum atomic E-state index is -1.50. The number of rotatable bonds is 7. The zero-order valence-electron chi connectivity index (χ0n) is 12.1. The van der Waals surface area contributed by atoms with Crippen molar-refractivity contribution in [2.24, 2.45) is 11.3 Å². The Labute approximate surface area is 113 Å². The Bertz CT molecular complexity index is 318. The molecule has 0 aromatic carbocycles. The molecule has 0 spiro atoms. The average Bonchev–Trinajstić information content (AvgIpc) is 2.37. The summed E-state index contributed by atoms with van der Waals surface area (Å²) >= 11 is 0. The van der Waals surface area contributed by atoms with Gasteiger partial charge in [0.25, 0.3) is 0 Å². The summed E-state index contributed by atoms with van der Waals surface area (Å²) in [7, 11) is 1.25. The molecule has 0 aromatic rings. The van der Waals surface area contributed by atoms with Crippen LogP contribution in [0, 0.1) is 11.3 Å². The van der Waals surface area contributed by atoms with Gasteiger partial charge in [-0.05, 0) is 27.2 Å². The fourth-order valence-corrected chi connectivity index (χ4v) is 1.73. The molecule has 0 bridgehead atoms. The van der Waals surface area contributed by atoms with Crippen molar-refractivity contribution in [3.63, 3.8) is 0 Å². The van der Waals surface area contributed by atoms with Gasteiger partial charge in [-0.25, -0.2) is 0 Å². The van der Waals surface area contributed by atoms with Gasteiger partial charge in [-0.2, -0.15) is 0 Å². The van der Waals surface area contributed by atoms with Gasteiger partial charge in [0.05, 0.1) is 26.2 Å². The Morgan fingerprint density at radius 1 is 1.05 bits per heavy atom. The molecule has 19 heavy (non-hydrogen) atoms. The maximum atomic E-state index is 12.0. The van der Waals surface area contributed by atoms with Gasteiger partial charge in [0.2, 0.25) is 0 Å². The van der Waals surface area contributed by atoms with Gasteiger partial charge in [0, 0.05) is 0 Å². The van der Waals surface area contributed by atoms with Crippen LogP contribution < -0.4 is 0 Å². The van der Waals surface area contributed by atoms with Gasteiger partial charge < -0.3 is 14.2 Å². The van der Waals surface area contributed by atoms with Gasteiger partial charge in [-0.15, -0.1) is 0 Å². The van der Waals surface area contributed by atoms with Gasteiger partial charge in [0.1, 0.15) is 0 Å². The van der Waals surface area contributed by atoms with E-state index in [-0.39, 0.29) is 19.6 Å². The Hall–Kier alpha value is -1.59. The second-order valence-corrected chi connectivity index (χ2v) is 4.40. The predicted octanol–water partition coefficient (Wildman–Crippen LogP) is 1.32. The first-order valence-electron chi connectivity index (χ1n) is 6.25. The molecule has 0 aromatic heterocycles. The molecule has 0 radical (unpaired) electrons. The van der Waals surface area contributed by atoms with Crippen molar-refractivity contribution in [2.75, 3.05) is 20.3 Å². The summed E-state index contributed by atoms with van der Waals surface area (Å²) in [5.74, 6) is -2.47. The molecule has 0 fully saturated rings. The number of carbonyl (C=O) groups is 3. The first-order chi connectivity index (χ1) is 8.83. The number of carbonyl (C=O) groups excluding carboxylic acids is 3. The lowest BCUT2D eigenvalue weighted by molar-refractivity contribution is -0.172. The van der Waals surface area contributed by atoms with Gasteiger partial charge in [-0.3, -0.25) is 14.4 Å². The van der Waals surface area contributed by atoms with Crippen molar-refractivity contribution >= 4 is 17.9 Å². The van der Waals surface area contributed by atoms with Crippen LogP contribution in [0.1, 0.15) is 34.1 Å². The maximum absolute atomic E-state index is 12.0. The fraction of sp³-hybridized carbons (Fsp3) is 0.769. The van der Waals surface area contributed by atoms with E-state index in [2.05, 4.69) is 4.74 Å². The topological polar surface area (TPSA) is 78.9 Å². The monoisotopic (exact) mass is 274 g/mol. The van der Waals surface area contributed by atoms with Crippen LogP contribution in [0.15, 0.2) is 0 Å². The number of ether oxygens (including phenoxy) is 3. The van der Waals surface area contributed by atoms with Crippen LogP contribution in [-0.4, -0.2) is 38.2 Å². The highest BCUT2D eigenvalue weighted by Gasteiger charge is 2.46. The summed E-state index contributed by atoms with van der Waals surface area (Å²) < 4.78 is 14.4. The van der Waals surface area contributed by atoms with E-state index >= 15 is 0 Å². The molecule has 1 unspecified atom stereocenters. The fourth-order valence-electron chi connectivity index (χ4n) is 1.73. The van der Waals surface area contributed by atoms with E-state index < -0.39 is 29.2 Å². The molecule has 6 nitrogen and oxygen atoms in total. The minimum absolute atomic E-state index is 0.0165. The lowest BCUT2D eigenvalue weighted by Crippen LogP contribution is -2.42. The third-order valence-electron chi connectivity index (χ3n) is 2.77. The van der Waals surface area contributed by atoms with Crippen molar-refractivity contribution in [2.45, 2.75) is 34.1 Å². The molecule has 0 aliphatic rings. The molecule has 0 rings (SSSR count). The largest absolute Gasteiger partial charge is 0.469 e. The van der Waals surface area contributed by atoms with Crippen LogP contribution in [0.3, 0.4) is 0 Å². The first kappa shape index (κ1) is 17.4. The average molecular weight is 274 g/mol. The van der Waals surface area contributed by atoms with Gasteiger partial charge >= 0.3 is 17.9 Å². The highest BCUT2D eigenvalue weighted by molar-refractivity contribution is 6.00. The van der Waals surface area contributed by atoms with Crippen LogP contribution in [0.5, 0.6) is 0 Å². The second kappa shape index (κ2) is 7.76. The summed E-state index contributed by atoms with van der Waals surface area (Å²) in [4.78, 5) is 35.3. The molecular weight excluding hydrogens is 252 g/mol. The SMILES string of the molecule is CCOC(=O)C(C)(CC(C)C(=O)OC)C(=O)OCC. The van der Waals surface area contributed by atoms with Crippen molar-refractivity contribution in [3.05, 3.63) is 0 Å². The van der Waals surface area contributed by atoms with E-state index in [0.29, 0.717) is 0 Å². The van der Waals surface area contributed by atoms with E-state index in [0.717, 1.165) is 0 Å². The van der Waals surface area contributed by atoms with Crippen molar-refractivity contribution in [1.82, 2.24) is 0 Å². The predicted molar refractivity (Wildman–Crippen MR) is 67.2 cm³/mol. The normalized spacial score (nSPS) is 12.5. The lowest BCUT2D eigenvalue weighted by Gasteiger charge is -2.26. The van der Waals surface area contributed by atoms with Crippen LogP contribution in [0.25, 0.3) is 0 Å². The van der Waals surface area contributed by atoms with Gasteiger partial charge in [-0.1, -0.05) is 6.92 Å². The Kier molecular flexibility index (Phi) is 7.11. The van der Waals surface area contributed by atoms with E-state index in [9.17, 15) is 14.4 Å². The molecule has 110 valence electrons. The minimum Gasteiger partial charge on any atom is -0.469 e. The van der Waals surface area contributed by atoms with Crippen molar-refractivity contribution < 1.29 is 28.6 Å². The molecule has 0 saturated carbocycles. The summed E-state index contributed by atoms with van der Waals surface area (Å²) in [6.45, 7) is 6.60. The quantitative estimate of drug-likeness (QED) is 0.396. The highest BCUT2D eigenvalue weighted by atomic mass is 16.6. The molecular formula is C13H22O6. The summed E-state index contributed by atoms with van der Waals surface area (Å²) in [5.41, 5.74) is -1.50. The number of hydrogen-bond acceptors (Lipinski definition) is 6. The standard InChI is InChI=1S/C13H22O6/c1-6-18-11(15)13(4,12(16)19-7-2)8-9(3)10(14)17-5/h9H,6-8H2,1-5H3. The Morgan fingerprint density at radius 2 is 1.47 bits per heavy atom. The number of methoxy groups -OCH3 is 1. The van der Waals surface area contributed by atoms with E-state index in [1.54, 1.807) is 20.8 Å². The lowest BCUT2D eigenvalue weighted by atomic mass is 9.81. The first-order valence-corrected chi connectivity index (χ1v) is 6.25. The number of hydrogen-bond donors (Lipinski definition) is 0. The molecule has 0 saturated heterocycles. The van der Waals surface area contributed by atoms with Crippen LogP contribution in [-0.2, 0) is 28.6 Å². The van der Waals surface area contributed by atoms with Gasteiger partial charge in [0.15, 0.2) is 5.41 Å². The molecule has 0 N–H and O–H groups in total. The molecule has 0 aliphatic carbocycles. The van der Waals surface area contributed by atoms with E-state index in [1.165, 1.54) is 14.0 Å². The van der Waals surface area contributed by atoms with Crippen molar-refractivity contribution in [3.8, 4) is 0 Å². The zero-order chi connectivity index (χ0) is 15.1. The molecule has 0 amide bonds. The summed E-state index contributed by atoms with van der Waals surface area (Å²) in [6.07, 6.45) is -0.0165. The molecule has 1 atom stereocenters. The third kappa shape index (κ3) is 4.54. The van der Waals surface area contributed by atoms with Crippen LogP contribution >= 0.6 is 0 Å². The Morgan fingerprint density at radius 3 is 1.79 bits per heavy atom.